The van der Waals surface area contributed by atoms with Gasteiger partial charge in [0.1, 0.15) is 5.25 Å². The van der Waals surface area contributed by atoms with Gasteiger partial charge in [-0.2, -0.15) is 4.31 Å². The molecule has 0 unspecified atom stereocenters. The lowest BCUT2D eigenvalue weighted by Gasteiger charge is -2.34. The molecule has 2 heterocycles. The van der Waals surface area contributed by atoms with Crippen molar-refractivity contribution in [3.05, 3.63) is 24.3 Å². The summed E-state index contributed by atoms with van der Waals surface area (Å²) < 4.78 is 26.6. The molecule has 1 N–H and O–H groups in total. The van der Waals surface area contributed by atoms with Gasteiger partial charge in [-0.15, -0.1) is 0 Å². The Morgan fingerprint density at radius 3 is 2.89 bits per heavy atom. The summed E-state index contributed by atoms with van der Waals surface area (Å²) in [4.78, 5) is 8.01. The van der Waals surface area contributed by atoms with Crippen molar-refractivity contribution < 1.29 is 8.42 Å². The number of sulfonamides is 1. The van der Waals surface area contributed by atoms with Gasteiger partial charge in [0.15, 0.2) is 0 Å². The van der Waals surface area contributed by atoms with Crippen LogP contribution in [-0.2, 0) is 10.0 Å². The maximum Gasteiger partial charge on any atom is 0.222 e. The van der Waals surface area contributed by atoms with Crippen molar-refractivity contribution in [2.45, 2.75) is 25.1 Å². The highest BCUT2D eigenvalue weighted by Gasteiger charge is 2.35. The van der Waals surface area contributed by atoms with Crippen molar-refractivity contribution in [1.82, 2.24) is 19.6 Å². The number of aromatic nitrogens is 2. The summed E-state index contributed by atoms with van der Waals surface area (Å²) in [7, 11) is -3.37. The number of nitrogens with zero attached hydrogens (tertiary/aromatic N) is 3. The molecule has 1 aliphatic rings. The molecule has 0 amide bonds. The molecule has 18 heavy (non-hydrogen) atoms. The molecule has 1 saturated heterocycles. The Morgan fingerprint density at radius 1 is 1.50 bits per heavy atom. The minimum absolute atomic E-state index is 0.0251. The number of nitrogens with one attached hydrogen (secondary N) is 1. The first kappa shape index (κ1) is 13.4. The molecule has 0 aromatic carbocycles. The van der Waals surface area contributed by atoms with Gasteiger partial charge in [-0.05, 0) is 13.8 Å². The zero-order chi connectivity index (χ0) is 13.2. The van der Waals surface area contributed by atoms with Crippen LogP contribution in [0.15, 0.2) is 18.6 Å². The van der Waals surface area contributed by atoms with Crippen LogP contribution in [-0.4, -0.2) is 48.4 Å². The van der Waals surface area contributed by atoms with Crippen LogP contribution >= 0.6 is 0 Å². The van der Waals surface area contributed by atoms with E-state index in [0.29, 0.717) is 25.3 Å². The standard InChI is InChI=1S/C11H18N4O2S/c1-9-7-13-5-6-15(9)18(16,17)10(2)11-8-12-3-4-14-11/h3-4,8-10,13H,5-7H2,1-2H3/t9-,10+/m0/s1. The number of rotatable bonds is 3. The van der Waals surface area contributed by atoms with Gasteiger partial charge in [-0.25, -0.2) is 8.42 Å². The number of hydrogen-bond donors (Lipinski definition) is 1. The molecule has 1 aliphatic heterocycles. The van der Waals surface area contributed by atoms with Crippen molar-refractivity contribution >= 4 is 10.0 Å². The van der Waals surface area contributed by atoms with E-state index in [4.69, 9.17) is 0 Å². The molecule has 2 rings (SSSR count). The Balaban J connectivity index is 2.25. The Hall–Kier alpha value is -1.05. The first-order valence-corrected chi connectivity index (χ1v) is 7.51. The molecule has 0 spiro atoms. The molecule has 1 aromatic rings. The average molecular weight is 270 g/mol. The molecule has 1 aromatic heterocycles. The first-order valence-electron chi connectivity index (χ1n) is 6.00. The van der Waals surface area contributed by atoms with E-state index in [0.717, 1.165) is 0 Å². The van der Waals surface area contributed by atoms with Crippen molar-refractivity contribution in [3.8, 4) is 0 Å². The lowest BCUT2D eigenvalue weighted by molar-refractivity contribution is 0.281. The van der Waals surface area contributed by atoms with Crippen LogP contribution in [0.25, 0.3) is 0 Å². The maximum atomic E-state index is 12.5. The average Bonchev–Trinajstić information content (AvgIpc) is 2.39. The van der Waals surface area contributed by atoms with Crippen LogP contribution in [0.2, 0.25) is 0 Å². The van der Waals surface area contributed by atoms with Crippen LogP contribution in [0.1, 0.15) is 24.8 Å². The number of hydrogen-bond acceptors (Lipinski definition) is 5. The van der Waals surface area contributed by atoms with Gasteiger partial charge >= 0.3 is 0 Å². The van der Waals surface area contributed by atoms with Crippen molar-refractivity contribution in [2.75, 3.05) is 19.6 Å². The van der Waals surface area contributed by atoms with E-state index in [9.17, 15) is 8.42 Å². The fourth-order valence-electron chi connectivity index (χ4n) is 2.08. The van der Waals surface area contributed by atoms with Gasteiger partial charge in [0.25, 0.3) is 0 Å². The third-order valence-corrected chi connectivity index (χ3v) is 5.54. The molecular formula is C11H18N4O2S. The normalized spacial score (nSPS) is 23.8. The molecule has 0 saturated carbocycles. The molecule has 100 valence electrons. The molecular weight excluding hydrogens is 252 g/mol. The van der Waals surface area contributed by atoms with Crippen molar-refractivity contribution in [2.24, 2.45) is 0 Å². The van der Waals surface area contributed by atoms with E-state index < -0.39 is 15.3 Å². The second-order valence-electron chi connectivity index (χ2n) is 4.48. The topological polar surface area (TPSA) is 75.2 Å². The summed E-state index contributed by atoms with van der Waals surface area (Å²) in [5.41, 5.74) is 0.489. The van der Waals surface area contributed by atoms with Crippen molar-refractivity contribution in [3.63, 3.8) is 0 Å². The quantitative estimate of drug-likeness (QED) is 0.847. The number of piperazine rings is 1. The highest BCUT2D eigenvalue weighted by atomic mass is 32.2. The zero-order valence-electron chi connectivity index (χ0n) is 10.6. The van der Waals surface area contributed by atoms with E-state index in [2.05, 4.69) is 15.3 Å². The minimum atomic E-state index is -3.37. The highest BCUT2D eigenvalue weighted by Crippen LogP contribution is 2.25. The Bertz CT molecular complexity index is 491. The molecule has 6 nitrogen and oxygen atoms in total. The van der Waals surface area contributed by atoms with E-state index in [-0.39, 0.29) is 6.04 Å². The van der Waals surface area contributed by atoms with Gasteiger partial charge in [-0.1, -0.05) is 0 Å². The second-order valence-corrected chi connectivity index (χ2v) is 6.69. The van der Waals surface area contributed by atoms with Crippen LogP contribution in [0.4, 0.5) is 0 Å². The summed E-state index contributed by atoms with van der Waals surface area (Å²) >= 11 is 0. The molecule has 7 heteroatoms. The zero-order valence-corrected chi connectivity index (χ0v) is 11.4. The largest absolute Gasteiger partial charge is 0.314 e. The summed E-state index contributed by atoms with van der Waals surface area (Å²) in [6.07, 6.45) is 4.56. The monoisotopic (exact) mass is 270 g/mol. The van der Waals surface area contributed by atoms with Crippen LogP contribution < -0.4 is 5.32 Å². The van der Waals surface area contributed by atoms with Crippen LogP contribution in [0, 0.1) is 0 Å². The fraction of sp³-hybridized carbons (Fsp3) is 0.636. The molecule has 2 atom stereocenters. The minimum Gasteiger partial charge on any atom is -0.314 e. The predicted octanol–water partition coefficient (Wildman–Crippen LogP) is 0.161. The van der Waals surface area contributed by atoms with Gasteiger partial charge in [-0.3, -0.25) is 9.97 Å². The van der Waals surface area contributed by atoms with Gasteiger partial charge < -0.3 is 5.32 Å². The molecule has 0 aliphatic carbocycles. The SMILES string of the molecule is C[C@H](c1cnccn1)S(=O)(=O)N1CCNC[C@@H]1C. The smallest absolute Gasteiger partial charge is 0.222 e. The fourth-order valence-corrected chi connectivity index (χ4v) is 3.83. The van der Waals surface area contributed by atoms with Gasteiger partial charge in [0, 0.05) is 44.3 Å². The van der Waals surface area contributed by atoms with Crippen LogP contribution in [0.5, 0.6) is 0 Å². The Labute approximate surface area is 107 Å². The van der Waals surface area contributed by atoms with E-state index in [1.165, 1.54) is 18.6 Å². The van der Waals surface area contributed by atoms with E-state index >= 15 is 0 Å². The summed E-state index contributed by atoms with van der Waals surface area (Å²) in [5.74, 6) is 0. The summed E-state index contributed by atoms with van der Waals surface area (Å²) in [6.45, 7) is 5.46. The van der Waals surface area contributed by atoms with Crippen LogP contribution in [0.3, 0.4) is 0 Å². The molecule has 0 bridgehead atoms. The third-order valence-electron chi connectivity index (χ3n) is 3.21. The lowest BCUT2D eigenvalue weighted by Crippen LogP contribution is -2.53. The summed E-state index contributed by atoms with van der Waals surface area (Å²) in [6, 6.07) is -0.0251. The maximum absolute atomic E-state index is 12.5. The third kappa shape index (κ3) is 2.52. The van der Waals surface area contributed by atoms with E-state index in [1.807, 2.05) is 6.92 Å². The van der Waals surface area contributed by atoms with Crippen molar-refractivity contribution in [1.29, 1.82) is 0 Å². The molecule has 1 fully saturated rings. The Morgan fingerprint density at radius 2 is 2.28 bits per heavy atom. The Kier molecular flexibility index (Phi) is 3.94. The highest BCUT2D eigenvalue weighted by molar-refractivity contribution is 7.89. The van der Waals surface area contributed by atoms with E-state index in [1.54, 1.807) is 11.2 Å². The van der Waals surface area contributed by atoms with Gasteiger partial charge in [0.2, 0.25) is 10.0 Å². The lowest BCUT2D eigenvalue weighted by atomic mass is 10.3. The predicted molar refractivity (Wildman–Crippen MR) is 68.4 cm³/mol. The van der Waals surface area contributed by atoms with Gasteiger partial charge in [0.05, 0.1) is 5.69 Å². The molecule has 0 radical (unpaired) electrons. The first-order chi connectivity index (χ1) is 8.53. The second kappa shape index (κ2) is 5.29. The summed E-state index contributed by atoms with van der Waals surface area (Å²) in [5, 5.41) is 2.52.